The van der Waals surface area contributed by atoms with E-state index in [4.69, 9.17) is 14.2 Å². The second kappa shape index (κ2) is 17.6. The van der Waals surface area contributed by atoms with Crippen molar-refractivity contribution in [2.45, 2.75) is 70.1 Å². The van der Waals surface area contributed by atoms with Gasteiger partial charge in [-0.1, -0.05) is 24.6 Å². The van der Waals surface area contributed by atoms with E-state index >= 15 is 0 Å². The van der Waals surface area contributed by atoms with Crippen LogP contribution in [0.2, 0.25) is 0 Å². The van der Waals surface area contributed by atoms with E-state index in [0.29, 0.717) is 30.2 Å². The van der Waals surface area contributed by atoms with Crippen LogP contribution in [0.5, 0.6) is 11.5 Å². The molecule has 13 heteroatoms. The number of carbonyl (C=O) groups excluding carboxylic acids is 2. The summed E-state index contributed by atoms with van der Waals surface area (Å²) in [6.45, 7) is 8.07. The van der Waals surface area contributed by atoms with Crippen molar-refractivity contribution in [1.29, 1.82) is 0 Å². The van der Waals surface area contributed by atoms with Crippen molar-refractivity contribution in [3.05, 3.63) is 77.9 Å². The summed E-state index contributed by atoms with van der Waals surface area (Å²) in [5.74, 6) is 0.304. The first kappa shape index (κ1) is 38.5. The molecule has 4 atom stereocenters. The van der Waals surface area contributed by atoms with E-state index < -0.39 is 28.1 Å². The Balaban J connectivity index is 1.61. The van der Waals surface area contributed by atoms with E-state index in [1.807, 2.05) is 20.8 Å². The number of sulfonamides is 1. The Morgan fingerprint density at radius 3 is 2.40 bits per heavy atom. The van der Waals surface area contributed by atoms with Gasteiger partial charge in [-0.15, -0.1) is 0 Å². The van der Waals surface area contributed by atoms with Crippen LogP contribution in [0.3, 0.4) is 0 Å². The molecule has 0 fully saturated rings. The summed E-state index contributed by atoms with van der Waals surface area (Å²) in [6, 6.07) is 17.3. The molecule has 0 aliphatic carbocycles. The number of aryl methyl sites for hydroxylation is 1. The first-order valence-electron chi connectivity index (χ1n) is 16.9. The molecule has 3 aromatic rings. The van der Waals surface area contributed by atoms with Gasteiger partial charge in [-0.2, -0.15) is 0 Å². The molecule has 50 heavy (non-hydrogen) atoms. The normalized spacial score (nSPS) is 19.7. The molecule has 0 bridgehead atoms. The molecule has 0 aromatic heterocycles. The van der Waals surface area contributed by atoms with E-state index in [1.54, 1.807) is 79.4 Å². The predicted molar refractivity (Wildman–Crippen MR) is 194 cm³/mol. The zero-order chi connectivity index (χ0) is 36.4. The third-order valence-electron chi connectivity index (χ3n) is 8.78. The highest BCUT2D eigenvalue weighted by atomic mass is 32.2. The van der Waals surface area contributed by atoms with E-state index in [2.05, 4.69) is 10.0 Å². The number of amides is 3. The summed E-state index contributed by atoms with van der Waals surface area (Å²) in [4.78, 5) is 30.8. The highest BCUT2D eigenvalue weighted by molar-refractivity contribution is 7.92. The molecule has 0 saturated carbocycles. The van der Waals surface area contributed by atoms with Crippen molar-refractivity contribution in [3.8, 4) is 11.5 Å². The van der Waals surface area contributed by atoms with Gasteiger partial charge >= 0.3 is 6.03 Å². The molecule has 3 aromatic carbocycles. The van der Waals surface area contributed by atoms with Gasteiger partial charge < -0.3 is 34.4 Å². The number of nitrogens with one attached hydrogen (secondary N) is 2. The SMILES string of the molecule is COc1ccc(NC(=O)N(C)C[C@@H]2OCCCC[C@@H](C)Oc3ccc(NS(=O)(=O)c4ccc(C)cc4)cc3C(=O)N([C@@H](C)CO)C[C@H]2C)cc1. The monoisotopic (exact) mass is 710 g/mol. The van der Waals surface area contributed by atoms with Crippen molar-refractivity contribution in [3.63, 3.8) is 0 Å². The fourth-order valence-corrected chi connectivity index (χ4v) is 6.68. The van der Waals surface area contributed by atoms with Gasteiger partial charge in [0, 0.05) is 44.0 Å². The van der Waals surface area contributed by atoms with Crippen LogP contribution in [0.15, 0.2) is 71.6 Å². The Hall–Kier alpha value is -4.33. The molecule has 1 aliphatic rings. The molecule has 12 nitrogen and oxygen atoms in total. The maximum atomic E-state index is 14.4. The minimum absolute atomic E-state index is 0.0948. The average Bonchev–Trinajstić information content (AvgIpc) is 3.09. The highest BCUT2D eigenvalue weighted by Gasteiger charge is 2.31. The fourth-order valence-electron chi connectivity index (χ4n) is 5.63. The quantitative estimate of drug-likeness (QED) is 0.254. The number of benzene rings is 3. The standard InChI is InChI=1S/C37H50N4O8S/c1-25-10-17-32(18-11-25)50(45,46)39-30-14-19-34-33(21-30)36(43)41(27(3)24-42)22-26(2)35(48-20-8-7-9-28(4)49-34)23-40(5)37(44)38-29-12-15-31(47-6)16-13-29/h10-19,21,26-28,35,39,42H,7-9,20,22-24H2,1-6H3,(H,38,44)/t26-,27+,28-,35+/m1/s1. The number of anilines is 2. The molecular formula is C37H50N4O8S. The molecule has 3 amide bonds. The number of nitrogens with zero attached hydrogens (tertiary/aromatic N) is 2. The molecule has 1 heterocycles. The van der Waals surface area contributed by atoms with Gasteiger partial charge in [0.1, 0.15) is 11.5 Å². The lowest BCUT2D eigenvalue weighted by molar-refractivity contribution is -0.0115. The van der Waals surface area contributed by atoms with Crippen LogP contribution < -0.4 is 19.5 Å². The Labute approximate surface area is 295 Å². The number of carbonyl (C=O) groups is 2. The van der Waals surface area contributed by atoms with Crippen LogP contribution in [0.4, 0.5) is 16.2 Å². The van der Waals surface area contributed by atoms with Gasteiger partial charge in [-0.25, -0.2) is 13.2 Å². The second-order valence-electron chi connectivity index (χ2n) is 13.0. The van der Waals surface area contributed by atoms with Crippen LogP contribution >= 0.6 is 0 Å². The molecule has 272 valence electrons. The lowest BCUT2D eigenvalue weighted by Gasteiger charge is -2.35. The van der Waals surface area contributed by atoms with Gasteiger partial charge in [-0.05, 0) is 94.6 Å². The molecule has 4 rings (SSSR count). The summed E-state index contributed by atoms with van der Waals surface area (Å²) < 4.78 is 46.9. The smallest absolute Gasteiger partial charge is 0.321 e. The Morgan fingerprint density at radius 2 is 1.74 bits per heavy atom. The molecule has 0 saturated heterocycles. The number of aliphatic hydroxyl groups is 1. The topological polar surface area (TPSA) is 147 Å². The van der Waals surface area contributed by atoms with Crippen LogP contribution in [0.1, 0.15) is 56.0 Å². The van der Waals surface area contributed by atoms with Gasteiger partial charge in [0.05, 0.1) is 42.4 Å². The van der Waals surface area contributed by atoms with Crippen LogP contribution in [0, 0.1) is 12.8 Å². The Kier molecular flexibility index (Phi) is 13.5. The third kappa shape index (κ3) is 10.3. The minimum Gasteiger partial charge on any atom is -0.497 e. The predicted octanol–water partition coefficient (Wildman–Crippen LogP) is 5.76. The number of ether oxygens (including phenoxy) is 3. The maximum Gasteiger partial charge on any atom is 0.321 e. The van der Waals surface area contributed by atoms with Crippen LogP contribution in [0.25, 0.3) is 0 Å². The van der Waals surface area contributed by atoms with Gasteiger partial charge in [-0.3, -0.25) is 9.52 Å². The number of hydrogen-bond donors (Lipinski definition) is 3. The molecule has 1 aliphatic heterocycles. The summed E-state index contributed by atoms with van der Waals surface area (Å²) in [6.07, 6.45) is 1.58. The van der Waals surface area contributed by atoms with Crippen LogP contribution in [-0.4, -0.2) is 94.0 Å². The van der Waals surface area contributed by atoms with E-state index in [9.17, 15) is 23.1 Å². The number of rotatable bonds is 9. The van der Waals surface area contributed by atoms with Crippen molar-refractivity contribution in [2.24, 2.45) is 5.92 Å². The van der Waals surface area contributed by atoms with Crippen molar-refractivity contribution in [1.82, 2.24) is 9.80 Å². The van der Waals surface area contributed by atoms with E-state index in [1.165, 1.54) is 18.2 Å². The lowest BCUT2D eigenvalue weighted by atomic mass is 10.0. The third-order valence-corrected chi connectivity index (χ3v) is 10.2. The number of fused-ring (bicyclic) bond motifs is 1. The maximum absolute atomic E-state index is 14.4. The summed E-state index contributed by atoms with van der Waals surface area (Å²) in [5.41, 5.74) is 1.91. The van der Waals surface area contributed by atoms with Crippen molar-refractivity contribution < 1.29 is 37.3 Å². The average molecular weight is 711 g/mol. The number of hydrogen-bond acceptors (Lipinski definition) is 8. The zero-order valence-corrected chi connectivity index (χ0v) is 30.5. The Morgan fingerprint density at radius 1 is 1.06 bits per heavy atom. The van der Waals surface area contributed by atoms with E-state index in [-0.39, 0.29) is 53.9 Å². The largest absolute Gasteiger partial charge is 0.497 e. The second-order valence-corrected chi connectivity index (χ2v) is 14.7. The molecule has 0 spiro atoms. The first-order chi connectivity index (χ1) is 23.8. The molecule has 0 radical (unpaired) electrons. The zero-order valence-electron chi connectivity index (χ0n) is 29.7. The first-order valence-corrected chi connectivity index (χ1v) is 18.4. The molecular weight excluding hydrogens is 660 g/mol. The van der Waals surface area contributed by atoms with E-state index in [0.717, 1.165) is 18.4 Å². The fraction of sp³-hybridized carbons (Fsp3) is 0.459. The van der Waals surface area contributed by atoms with Crippen LogP contribution in [-0.2, 0) is 14.8 Å². The number of urea groups is 1. The number of likely N-dealkylation sites (N-methyl/N-ethyl adjacent to an activating group) is 1. The van der Waals surface area contributed by atoms with Gasteiger partial charge in [0.2, 0.25) is 0 Å². The van der Waals surface area contributed by atoms with Gasteiger partial charge in [0.25, 0.3) is 15.9 Å². The van der Waals surface area contributed by atoms with Crippen molar-refractivity contribution in [2.75, 3.05) is 50.5 Å². The van der Waals surface area contributed by atoms with Crippen molar-refractivity contribution >= 4 is 33.3 Å². The summed E-state index contributed by atoms with van der Waals surface area (Å²) >= 11 is 0. The Bertz CT molecular complexity index is 1680. The molecule has 0 unspecified atom stereocenters. The summed E-state index contributed by atoms with van der Waals surface area (Å²) in [5, 5.41) is 13.1. The molecule has 3 N–H and O–H groups in total. The summed E-state index contributed by atoms with van der Waals surface area (Å²) in [7, 11) is -0.677. The lowest BCUT2D eigenvalue weighted by Crippen LogP contribution is -2.48. The minimum atomic E-state index is -3.94. The number of methoxy groups -OCH3 is 1. The highest BCUT2D eigenvalue weighted by Crippen LogP contribution is 2.30. The number of aliphatic hydroxyl groups excluding tert-OH is 1. The van der Waals surface area contributed by atoms with Gasteiger partial charge in [0.15, 0.2) is 0 Å².